The lowest BCUT2D eigenvalue weighted by Gasteiger charge is -2.26. The third-order valence-corrected chi connectivity index (χ3v) is 5.46. The summed E-state index contributed by atoms with van der Waals surface area (Å²) >= 11 is 0. The van der Waals surface area contributed by atoms with Gasteiger partial charge < -0.3 is 15.5 Å². The smallest absolute Gasteiger partial charge is 0.222 e. The van der Waals surface area contributed by atoms with Gasteiger partial charge in [0.1, 0.15) is 0 Å². The molecule has 1 aliphatic carbocycles. The fraction of sp³-hybridized carbons (Fsp3) is 0.895. The summed E-state index contributed by atoms with van der Waals surface area (Å²) in [7, 11) is 0. The van der Waals surface area contributed by atoms with E-state index in [1.54, 1.807) is 0 Å². The highest BCUT2D eigenvalue weighted by atomic mass is 16.2. The zero-order valence-electron chi connectivity index (χ0n) is 15.6. The maximum atomic E-state index is 11.6. The number of carbonyl (C=O) groups excluding carboxylic acids is 1. The molecule has 1 amide bonds. The Hall–Kier alpha value is -1.26. The molecule has 0 unspecified atom stereocenters. The van der Waals surface area contributed by atoms with E-state index >= 15 is 0 Å². The second-order valence-corrected chi connectivity index (χ2v) is 7.28. The molecule has 1 aliphatic heterocycles. The van der Waals surface area contributed by atoms with Gasteiger partial charge in [-0.25, -0.2) is 0 Å². The number of likely N-dealkylation sites (tertiary alicyclic amines) is 1. The molecule has 0 aromatic heterocycles. The van der Waals surface area contributed by atoms with Crippen molar-refractivity contribution in [2.75, 3.05) is 32.7 Å². The Labute approximate surface area is 147 Å². The number of rotatable bonds is 8. The topological polar surface area (TPSA) is 56.7 Å². The summed E-state index contributed by atoms with van der Waals surface area (Å²) < 4.78 is 0. The lowest BCUT2D eigenvalue weighted by molar-refractivity contribution is -0.127. The Morgan fingerprint density at radius 2 is 1.92 bits per heavy atom. The van der Waals surface area contributed by atoms with Gasteiger partial charge in [-0.2, -0.15) is 0 Å². The van der Waals surface area contributed by atoms with Gasteiger partial charge >= 0.3 is 0 Å². The normalized spacial score (nSPS) is 25.2. The van der Waals surface area contributed by atoms with Gasteiger partial charge in [-0.3, -0.25) is 9.79 Å². The first-order valence-corrected chi connectivity index (χ1v) is 10.0. The molecule has 0 atom stereocenters. The summed E-state index contributed by atoms with van der Waals surface area (Å²) in [6.45, 7) is 8.92. The van der Waals surface area contributed by atoms with Crippen molar-refractivity contribution in [1.82, 2.24) is 15.5 Å². The number of hydrogen-bond acceptors (Lipinski definition) is 2. The van der Waals surface area contributed by atoms with Gasteiger partial charge in [0, 0.05) is 39.1 Å². The van der Waals surface area contributed by atoms with Crippen molar-refractivity contribution >= 4 is 11.9 Å². The monoisotopic (exact) mass is 336 g/mol. The first kappa shape index (κ1) is 19.1. The maximum absolute atomic E-state index is 11.6. The molecule has 2 N–H and O–H groups in total. The third kappa shape index (κ3) is 6.33. The van der Waals surface area contributed by atoms with Crippen LogP contribution in [0.25, 0.3) is 0 Å². The van der Waals surface area contributed by atoms with Crippen molar-refractivity contribution < 1.29 is 4.79 Å². The van der Waals surface area contributed by atoms with E-state index in [2.05, 4.69) is 24.5 Å². The Morgan fingerprint density at radius 3 is 2.54 bits per heavy atom. The molecule has 2 rings (SSSR count). The summed E-state index contributed by atoms with van der Waals surface area (Å²) in [5, 5.41) is 6.76. The first-order valence-electron chi connectivity index (χ1n) is 10.0. The van der Waals surface area contributed by atoms with E-state index in [0.717, 1.165) is 69.8 Å². The number of aliphatic imine (C=N–C) groups is 1. The zero-order chi connectivity index (χ0) is 17.2. The Balaban J connectivity index is 1.65. The number of amides is 1. The van der Waals surface area contributed by atoms with E-state index in [0.29, 0.717) is 5.91 Å². The van der Waals surface area contributed by atoms with Crippen molar-refractivity contribution in [3.05, 3.63) is 0 Å². The van der Waals surface area contributed by atoms with Crippen molar-refractivity contribution in [3.8, 4) is 0 Å². The van der Waals surface area contributed by atoms with Gasteiger partial charge in [-0.05, 0) is 44.4 Å². The van der Waals surface area contributed by atoms with Gasteiger partial charge in [0.15, 0.2) is 5.96 Å². The molecular formula is C19H36N4O. The van der Waals surface area contributed by atoms with Crippen LogP contribution in [0.5, 0.6) is 0 Å². The minimum absolute atomic E-state index is 0.318. The molecule has 24 heavy (non-hydrogen) atoms. The lowest BCUT2D eigenvalue weighted by atomic mass is 9.81. The van der Waals surface area contributed by atoms with Crippen LogP contribution in [-0.4, -0.2) is 49.5 Å². The van der Waals surface area contributed by atoms with Crippen LogP contribution >= 0.6 is 0 Å². The van der Waals surface area contributed by atoms with Crippen LogP contribution in [0.1, 0.15) is 65.2 Å². The standard InChI is InChI=1S/C19H36N4O/c1-3-16-8-10-17(11-9-16)15-22-19(20-4-2)21-12-6-14-23-13-5-7-18(23)24/h16-17H,3-15H2,1-2H3,(H2,20,21,22). The van der Waals surface area contributed by atoms with Gasteiger partial charge in [-0.1, -0.05) is 26.2 Å². The van der Waals surface area contributed by atoms with Crippen molar-refractivity contribution in [1.29, 1.82) is 0 Å². The Bertz CT molecular complexity index is 402. The molecular weight excluding hydrogens is 300 g/mol. The third-order valence-electron chi connectivity index (χ3n) is 5.46. The first-order chi connectivity index (χ1) is 11.7. The molecule has 138 valence electrons. The Kier molecular flexibility index (Phi) is 8.40. The predicted molar refractivity (Wildman–Crippen MR) is 100 cm³/mol. The second-order valence-electron chi connectivity index (χ2n) is 7.28. The van der Waals surface area contributed by atoms with Gasteiger partial charge in [0.25, 0.3) is 0 Å². The van der Waals surface area contributed by atoms with Gasteiger partial charge in [0.2, 0.25) is 5.91 Å². The zero-order valence-corrected chi connectivity index (χ0v) is 15.6. The molecule has 2 aliphatic rings. The van der Waals surface area contributed by atoms with Gasteiger partial charge in [-0.15, -0.1) is 0 Å². The molecule has 5 heteroatoms. The lowest BCUT2D eigenvalue weighted by Crippen LogP contribution is -2.39. The summed E-state index contributed by atoms with van der Waals surface area (Å²) in [6, 6.07) is 0. The van der Waals surface area contributed by atoms with Crippen LogP contribution < -0.4 is 10.6 Å². The van der Waals surface area contributed by atoms with Crippen molar-refractivity contribution in [3.63, 3.8) is 0 Å². The highest BCUT2D eigenvalue weighted by Crippen LogP contribution is 2.30. The molecule has 5 nitrogen and oxygen atoms in total. The van der Waals surface area contributed by atoms with E-state index in [1.807, 2.05) is 4.90 Å². The summed E-state index contributed by atoms with van der Waals surface area (Å²) in [6.07, 6.45) is 9.50. The fourth-order valence-corrected chi connectivity index (χ4v) is 3.80. The molecule has 1 heterocycles. The number of nitrogens with zero attached hydrogens (tertiary/aromatic N) is 2. The number of nitrogens with one attached hydrogen (secondary N) is 2. The van der Waals surface area contributed by atoms with Crippen LogP contribution in [0.15, 0.2) is 4.99 Å². The quantitative estimate of drug-likeness (QED) is 0.407. The van der Waals surface area contributed by atoms with Crippen molar-refractivity contribution in [2.24, 2.45) is 16.8 Å². The second kappa shape index (κ2) is 10.6. The van der Waals surface area contributed by atoms with E-state index in [9.17, 15) is 4.79 Å². The van der Waals surface area contributed by atoms with Crippen LogP contribution in [0.2, 0.25) is 0 Å². The highest BCUT2D eigenvalue weighted by molar-refractivity contribution is 5.79. The summed E-state index contributed by atoms with van der Waals surface area (Å²) in [5.74, 6) is 2.96. The molecule has 1 saturated carbocycles. The van der Waals surface area contributed by atoms with E-state index in [1.165, 1.54) is 32.1 Å². The average Bonchev–Trinajstić information content (AvgIpc) is 3.02. The number of hydrogen-bond donors (Lipinski definition) is 2. The average molecular weight is 337 g/mol. The predicted octanol–water partition coefficient (Wildman–Crippen LogP) is 2.77. The minimum Gasteiger partial charge on any atom is -0.357 e. The maximum Gasteiger partial charge on any atom is 0.222 e. The van der Waals surface area contributed by atoms with Crippen LogP contribution in [-0.2, 0) is 4.79 Å². The Morgan fingerprint density at radius 1 is 1.17 bits per heavy atom. The molecule has 2 fully saturated rings. The van der Waals surface area contributed by atoms with Crippen LogP contribution in [0, 0.1) is 11.8 Å². The highest BCUT2D eigenvalue weighted by Gasteiger charge is 2.20. The molecule has 1 saturated heterocycles. The number of carbonyl (C=O) groups is 1. The minimum atomic E-state index is 0.318. The van der Waals surface area contributed by atoms with E-state index in [-0.39, 0.29) is 0 Å². The van der Waals surface area contributed by atoms with Gasteiger partial charge in [0.05, 0.1) is 0 Å². The van der Waals surface area contributed by atoms with Crippen LogP contribution in [0.3, 0.4) is 0 Å². The summed E-state index contributed by atoms with van der Waals surface area (Å²) in [4.78, 5) is 18.4. The fourth-order valence-electron chi connectivity index (χ4n) is 3.80. The van der Waals surface area contributed by atoms with Crippen molar-refractivity contribution in [2.45, 2.75) is 65.2 Å². The van der Waals surface area contributed by atoms with E-state index < -0.39 is 0 Å². The molecule has 0 spiro atoms. The summed E-state index contributed by atoms with van der Waals surface area (Å²) in [5.41, 5.74) is 0. The number of guanidine groups is 1. The largest absolute Gasteiger partial charge is 0.357 e. The van der Waals surface area contributed by atoms with Crippen LogP contribution in [0.4, 0.5) is 0 Å². The molecule has 0 aromatic rings. The SMILES string of the molecule is CCNC(=NCC1CCC(CC)CC1)NCCCN1CCCC1=O. The molecule has 0 radical (unpaired) electrons. The molecule has 0 bridgehead atoms. The molecule has 0 aromatic carbocycles. The van der Waals surface area contributed by atoms with E-state index in [4.69, 9.17) is 4.99 Å².